The van der Waals surface area contributed by atoms with E-state index in [1.165, 1.54) is 13.8 Å². The molecule has 5 nitrogen and oxygen atoms in total. The second-order valence-corrected chi connectivity index (χ2v) is 5.52. The fraction of sp³-hybridized carbons (Fsp3) is 0.231. The van der Waals surface area contributed by atoms with Crippen LogP contribution in [0.2, 0.25) is 0 Å². The van der Waals surface area contributed by atoms with E-state index >= 15 is 0 Å². The maximum absolute atomic E-state index is 13.7. The molecule has 1 aromatic rings. The predicted molar refractivity (Wildman–Crippen MR) is 72.0 cm³/mol. The van der Waals surface area contributed by atoms with Gasteiger partial charge in [-0.3, -0.25) is 0 Å². The van der Waals surface area contributed by atoms with Gasteiger partial charge in [0.15, 0.2) is 23.0 Å². The van der Waals surface area contributed by atoms with Crippen LogP contribution < -0.4 is 5.32 Å². The first-order valence-corrected chi connectivity index (χ1v) is 6.68. The molecule has 118 valence electrons. The first kappa shape index (κ1) is 16.3. The van der Waals surface area contributed by atoms with Gasteiger partial charge in [0, 0.05) is 26.1 Å². The summed E-state index contributed by atoms with van der Waals surface area (Å²) in [6.45, 7) is 2.72. The zero-order valence-corrected chi connectivity index (χ0v) is 12.9. The van der Waals surface area contributed by atoms with Gasteiger partial charge in [0.25, 0.3) is 5.79 Å². The highest BCUT2D eigenvalue weighted by Gasteiger charge is 2.39. The van der Waals surface area contributed by atoms with Crippen molar-refractivity contribution in [3.63, 3.8) is 0 Å². The first-order valence-electron chi connectivity index (χ1n) is 5.89. The highest BCUT2D eigenvalue weighted by Crippen LogP contribution is 2.29. The van der Waals surface area contributed by atoms with Crippen molar-refractivity contribution in [2.45, 2.75) is 19.6 Å². The van der Waals surface area contributed by atoms with Gasteiger partial charge in [-0.25, -0.2) is 22.8 Å². The van der Waals surface area contributed by atoms with Crippen LogP contribution in [0.15, 0.2) is 22.3 Å². The van der Waals surface area contributed by atoms with Crippen LogP contribution in [0.1, 0.15) is 13.8 Å². The molecule has 0 aliphatic carbocycles. The summed E-state index contributed by atoms with van der Waals surface area (Å²) in [5.74, 6) is -7.24. The highest BCUT2D eigenvalue weighted by molar-refractivity contribution is 9.10. The van der Waals surface area contributed by atoms with Gasteiger partial charge < -0.3 is 14.8 Å². The minimum Gasteiger partial charge on any atom is -0.419 e. The Morgan fingerprint density at radius 3 is 2.23 bits per heavy atom. The number of benzene rings is 1. The Kier molecular flexibility index (Phi) is 4.19. The summed E-state index contributed by atoms with van der Waals surface area (Å²) < 4.78 is 49.0. The maximum Gasteiger partial charge on any atom is 0.350 e. The SMILES string of the molecule is CC1(C)OC(=O)C(=CNc2cc(F)c(F)c(Br)c2F)C(=O)O1. The average molecular weight is 380 g/mol. The number of hydrogen-bond donors (Lipinski definition) is 1. The third-order valence-corrected chi connectivity index (χ3v) is 3.29. The van der Waals surface area contributed by atoms with Crippen LogP contribution in [0.5, 0.6) is 0 Å². The van der Waals surface area contributed by atoms with Crippen LogP contribution in [-0.2, 0) is 19.1 Å². The van der Waals surface area contributed by atoms with E-state index in [0.717, 1.165) is 6.20 Å². The van der Waals surface area contributed by atoms with Crippen LogP contribution in [0, 0.1) is 17.5 Å². The Bertz CT molecular complexity index is 681. The number of anilines is 1. The summed E-state index contributed by atoms with van der Waals surface area (Å²) >= 11 is 2.55. The number of hydrogen-bond acceptors (Lipinski definition) is 5. The molecule has 22 heavy (non-hydrogen) atoms. The molecule has 1 heterocycles. The third-order valence-electron chi connectivity index (χ3n) is 2.59. The van der Waals surface area contributed by atoms with Crippen LogP contribution in [0.4, 0.5) is 18.9 Å². The van der Waals surface area contributed by atoms with Gasteiger partial charge in [-0.2, -0.15) is 0 Å². The Morgan fingerprint density at radius 1 is 1.14 bits per heavy atom. The number of carbonyl (C=O) groups excluding carboxylic acids is 2. The minimum atomic E-state index is -1.41. The van der Waals surface area contributed by atoms with Gasteiger partial charge in [-0.15, -0.1) is 0 Å². The highest BCUT2D eigenvalue weighted by atomic mass is 79.9. The second-order valence-electron chi connectivity index (χ2n) is 4.73. The molecule has 1 aliphatic rings. The van der Waals surface area contributed by atoms with Gasteiger partial charge in [-0.1, -0.05) is 0 Å². The maximum atomic E-state index is 13.7. The Balaban J connectivity index is 2.30. The zero-order chi connectivity index (χ0) is 16.7. The standard InChI is InChI=1S/C13H9BrF3NO4/c1-13(2)21-11(19)5(12(20)22-13)4-18-7-3-6(15)9(16)8(14)10(7)17/h3-4,18H,1-2H3. The molecule has 0 spiro atoms. The summed E-state index contributed by atoms with van der Waals surface area (Å²) in [7, 11) is 0. The van der Waals surface area contributed by atoms with E-state index in [0.29, 0.717) is 6.07 Å². The van der Waals surface area contributed by atoms with Gasteiger partial charge >= 0.3 is 11.9 Å². The predicted octanol–water partition coefficient (Wildman–Crippen LogP) is 3.00. The smallest absolute Gasteiger partial charge is 0.350 e. The average Bonchev–Trinajstić information content (AvgIpc) is 2.39. The molecule has 0 radical (unpaired) electrons. The van der Waals surface area contributed by atoms with E-state index in [1.807, 2.05) is 0 Å². The lowest BCUT2D eigenvalue weighted by atomic mass is 10.2. The van der Waals surface area contributed by atoms with Crippen molar-refractivity contribution >= 4 is 33.6 Å². The first-order chi connectivity index (χ1) is 10.1. The van der Waals surface area contributed by atoms with Crippen molar-refractivity contribution in [3.05, 3.63) is 39.8 Å². The van der Waals surface area contributed by atoms with E-state index < -0.39 is 50.9 Å². The van der Waals surface area contributed by atoms with E-state index in [4.69, 9.17) is 9.47 Å². The van der Waals surface area contributed by atoms with E-state index in [2.05, 4.69) is 21.2 Å². The molecule has 2 rings (SSSR count). The number of carbonyl (C=O) groups is 2. The number of ether oxygens (including phenoxy) is 2. The molecule has 0 aromatic heterocycles. The Labute approximate surface area is 131 Å². The lowest BCUT2D eigenvalue weighted by Gasteiger charge is -2.29. The topological polar surface area (TPSA) is 64.6 Å². The molecule has 1 saturated heterocycles. The number of cyclic esters (lactones) is 2. The second kappa shape index (κ2) is 5.64. The number of halogens is 4. The Hall–Kier alpha value is -2.03. The van der Waals surface area contributed by atoms with Crippen molar-refractivity contribution in [2.75, 3.05) is 5.32 Å². The van der Waals surface area contributed by atoms with Crippen LogP contribution >= 0.6 is 15.9 Å². The molecule has 0 saturated carbocycles. The van der Waals surface area contributed by atoms with E-state index in [9.17, 15) is 22.8 Å². The van der Waals surface area contributed by atoms with Crippen LogP contribution in [-0.4, -0.2) is 17.7 Å². The molecule has 0 bridgehead atoms. The summed E-state index contributed by atoms with van der Waals surface area (Å²) in [5.41, 5.74) is -1.02. The summed E-state index contributed by atoms with van der Waals surface area (Å²) in [6, 6.07) is 0.538. The lowest BCUT2D eigenvalue weighted by Crippen LogP contribution is -2.42. The molecule has 0 unspecified atom stereocenters. The fourth-order valence-corrected chi connectivity index (χ4v) is 2.01. The lowest BCUT2D eigenvalue weighted by molar-refractivity contribution is -0.222. The molecule has 1 aliphatic heterocycles. The van der Waals surface area contributed by atoms with Gasteiger partial charge in [0.2, 0.25) is 0 Å². The fourth-order valence-electron chi connectivity index (χ4n) is 1.61. The van der Waals surface area contributed by atoms with Crippen LogP contribution in [0.3, 0.4) is 0 Å². The number of esters is 2. The zero-order valence-electron chi connectivity index (χ0n) is 11.3. The van der Waals surface area contributed by atoms with Gasteiger partial charge in [0.1, 0.15) is 0 Å². The van der Waals surface area contributed by atoms with E-state index in [-0.39, 0.29) is 0 Å². The van der Waals surface area contributed by atoms with Crippen LogP contribution in [0.25, 0.3) is 0 Å². The molecule has 0 amide bonds. The quantitative estimate of drug-likeness (QED) is 0.281. The largest absolute Gasteiger partial charge is 0.419 e. The molecule has 1 fully saturated rings. The summed E-state index contributed by atoms with van der Waals surface area (Å²) in [6.07, 6.45) is 0.794. The van der Waals surface area contributed by atoms with Crippen molar-refractivity contribution in [1.82, 2.24) is 0 Å². The molecule has 9 heteroatoms. The molecular weight excluding hydrogens is 371 g/mol. The van der Waals surface area contributed by atoms with Crippen molar-refractivity contribution < 1.29 is 32.2 Å². The van der Waals surface area contributed by atoms with Gasteiger partial charge in [0.05, 0.1) is 10.2 Å². The summed E-state index contributed by atoms with van der Waals surface area (Å²) in [5, 5.41) is 2.20. The van der Waals surface area contributed by atoms with Gasteiger partial charge in [-0.05, 0) is 15.9 Å². The number of nitrogens with one attached hydrogen (secondary N) is 1. The monoisotopic (exact) mass is 379 g/mol. The Morgan fingerprint density at radius 2 is 1.68 bits per heavy atom. The van der Waals surface area contributed by atoms with Crippen molar-refractivity contribution in [3.8, 4) is 0 Å². The van der Waals surface area contributed by atoms with Crippen molar-refractivity contribution in [2.24, 2.45) is 0 Å². The third kappa shape index (κ3) is 3.08. The minimum absolute atomic E-state index is 0.483. The van der Waals surface area contributed by atoms with E-state index in [1.54, 1.807) is 0 Å². The van der Waals surface area contributed by atoms with Crippen molar-refractivity contribution in [1.29, 1.82) is 0 Å². The molecule has 1 N–H and O–H groups in total. The molecular formula is C13H9BrF3NO4. The molecule has 1 aromatic carbocycles. The normalized spacial score (nSPS) is 16.9. The number of rotatable bonds is 2. The summed E-state index contributed by atoms with van der Waals surface area (Å²) in [4.78, 5) is 23.3. The molecule has 0 atom stereocenters.